The van der Waals surface area contributed by atoms with Crippen LogP contribution in [0, 0.1) is 0 Å². The number of nitrogens with two attached hydrogens (primary N) is 1. The summed E-state index contributed by atoms with van der Waals surface area (Å²) in [5.74, 6) is -0.432. The van der Waals surface area contributed by atoms with E-state index in [1.54, 1.807) is 0 Å². The van der Waals surface area contributed by atoms with Gasteiger partial charge in [0, 0.05) is 12.8 Å². The summed E-state index contributed by atoms with van der Waals surface area (Å²) < 4.78 is 0. The molecule has 3 N–H and O–H groups in total. The molecule has 0 radical (unpaired) electrons. The van der Waals surface area contributed by atoms with E-state index in [1.165, 1.54) is 128 Å². The Kier molecular flexibility index (Phi) is 28.7. The van der Waals surface area contributed by atoms with Gasteiger partial charge in [-0.25, -0.2) is 0 Å². The number of aliphatic hydroxyl groups is 1. The lowest BCUT2D eigenvalue weighted by Crippen LogP contribution is -2.46. The molecule has 0 aliphatic carbocycles. The predicted molar refractivity (Wildman–Crippen MR) is 165 cm³/mol. The summed E-state index contributed by atoms with van der Waals surface area (Å²) in [6.45, 7) is 4.52. The van der Waals surface area contributed by atoms with Crippen molar-refractivity contribution in [1.29, 1.82) is 0 Å². The first-order valence-corrected chi connectivity index (χ1v) is 17.0. The molecule has 0 rings (SSSR count). The zero-order chi connectivity index (χ0) is 28.1. The van der Waals surface area contributed by atoms with Gasteiger partial charge in [0.2, 0.25) is 0 Å². The second kappa shape index (κ2) is 29.2. The molecule has 0 aliphatic rings. The van der Waals surface area contributed by atoms with Crippen molar-refractivity contribution in [2.75, 3.05) is 0 Å². The molecule has 0 heterocycles. The smallest absolute Gasteiger partial charge is 0.163 e. The van der Waals surface area contributed by atoms with Gasteiger partial charge in [-0.2, -0.15) is 0 Å². The van der Waals surface area contributed by atoms with Crippen LogP contribution < -0.4 is 5.73 Å². The van der Waals surface area contributed by atoms with Gasteiger partial charge in [0.05, 0.1) is 6.04 Å². The minimum atomic E-state index is -1.33. The molecule has 0 fully saturated rings. The number of carbonyl (C=O) groups is 2. The monoisotopic (exact) mass is 538 g/mol. The Hall–Kier alpha value is -0.740. The molecule has 0 bridgehead atoms. The van der Waals surface area contributed by atoms with Crippen LogP contribution in [0.1, 0.15) is 194 Å². The number of hydrogen-bond donors (Lipinski definition) is 2. The van der Waals surface area contributed by atoms with Crippen LogP contribution in [0.15, 0.2) is 0 Å². The first kappa shape index (κ1) is 37.3. The first-order chi connectivity index (χ1) is 18.5. The molecule has 0 aromatic carbocycles. The molecule has 4 heteroatoms. The highest BCUT2D eigenvalue weighted by Gasteiger charge is 2.27. The number of rotatable bonds is 31. The van der Waals surface area contributed by atoms with Crippen molar-refractivity contribution in [2.45, 2.75) is 206 Å². The van der Waals surface area contributed by atoms with E-state index < -0.39 is 12.1 Å². The Morgan fingerprint density at radius 2 is 0.684 bits per heavy atom. The van der Waals surface area contributed by atoms with Crippen molar-refractivity contribution < 1.29 is 14.7 Å². The van der Waals surface area contributed by atoms with E-state index in [-0.39, 0.29) is 11.6 Å². The van der Waals surface area contributed by atoms with Gasteiger partial charge in [0.1, 0.15) is 6.10 Å². The van der Waals surface area contributed by atoms with E-state index in [1.807, 2.05) is 0 Å². The quantitative estimate of drug-likeness (QED) is 0.0862. The van der Waals surface area contributed by atoms with Crippen LogP contribution in [0.4, 0.5) is 0 Å². The van der Waals surface area contributed by atoms with Crippen molar-refractivity contribution in [3.8, 4) is 0 Å². The first-order valence-electron chi connectivity index (χ1n) is 17.0. The third-order valence-electron chi connectivity index (χ3n) is 8.10. The molecule has 0 saturated heterocycles. The van der Waals surface area contributed by atoms with Crippen molar-refractivity contribution in [2.24, 2.45) is 5.73 Å². The molecule has 0 amide bonds. The summed E-state index contributed by atoms with van der Waals surface area (Å²) in [5, 5.41) is 10.3. The summed E-state index contributed by atoms with van der Waals surface area (Å²) in [6.07, 6.45) is 32.1. The van der Waals surface area contributed by atoms with Gasteiger partial charge >= 0.3 is 0 Å². The molecular formula is C34H67NO3. The number of carbonyl (C=O) groups excluding carboxylic acids is 2. The third kappa shape index (κ3) is 24.3. The summed E-state index contributed by atoms with van der Waals surface area (Å²) in [5.41, 5.74) is 5.93. The molecule has 0 saturated carbocycles. The molecule has 0 aliphatic heterocycles. The van der Waals surface area contributed by atoms with Gasteiger partial charge < -0.3 is 10.8 Å². The molecule has 226 valence electrons. The topological polar surface area (TPSA) is 80.4 Å². The van der Waals surface area contributed by atoms with Gasteiger partial charge in [-0.3, -0.25) is 9.59 Å². The standard InChI is InChI=1S/C34H67NO3/c1-3-5-7-9-11-13-15-17-19-21-23-25-27-29-31(36)33(35)34(38)32(37)30-28-26-24-22-20-18-16-14-12-10-8-6-4-2/h33-34,38H,3-30,35H2,1-2H3. The molecule has 2 atom stereocenters. The lowest BCUT2D eigenvalue weighted by molar-refractivity contribution is -0.134. The number of hydrogen-bond acceptors (Lipinski definition) is 4. The van der Waals surface area contributed by atoms with E-state index in [0.29, 0.717) is 12.8 Å². The van der Waals surface area contributed by atoms with Crippen molar-refractivity contribution in [3.63, 3.8) is 0 Å². The summed E-state index contributed by atoms with van der Waals surface area (Å²) in [4.78, 5) is 24.6. The minimum absolute atomic E-state index is 0.167. The second-order valence-corrected chi connectivity index (χ2v) is 11.9. The average molecular weight is 538 g/mol. The fourth-order valence-corrected chi connectivity index (χ4v) is 5.32. The van der Waals surface area contributed by atoms with Crippen LogP contribution in [0.3, 0.4) is 0 Å². The van der Waals surface area contributed by atoms with Gasteiger partial charge in [0.25, 0.3) is 0 Å². The number of Topliss-reactive ketones (excluding diaryl/α,β-unsaturated/α-hetero) is 2. The molecule has 38 heavy (non-hydrogen) atoms. The number of unbranched alkanes of at least 4 members (excludes halogenated alkanes) is 24. The second-order valence-electron chi connectivity index (χ2n) is 11.9. The maximum atomic E-state index is 12.3. The van der Waals surface area contributed by atoms with E-state index >= 15 is 0 Å². The molecule has 2 unspecified atom stereocenters. The van der Waals surface area contributed by atoms with Crippen LogP contribution in [-0.4, -0.2) is 28.8 Å². The number of ketones is 2. The van der Waals surface area contributed by atoms with Crippen molar-refractivity contribution in [3.05, 3.63) is 0 Å². The molecular weight excluding hydrogens is 470 g/mol. The molecule has 0 aromatic heterocycles. The van der Waals surface area contributed by atoms with Crippen LogP contribution in [-0.2, 0) is 9.59 Å². The average Bonchev–Trinajstić information content (AvgIpc) is 2.92. The Labute approximate surface area is 237 Å². The molecule has 4 nitrogen and oxygen atoms in total. The zero-order valence-electron chi connectivity index (χ0n) is 25.8. The van der Waals surface area contributed by atoms with Gasteiger partial charge in [-0.15, -0.1) is 0 Å². The van der Waals surface area contributed by atoms with Crippen LogP contribution in [0.2, 0.25) is 0 Å². The van der Waals surface area contributed by atoms with Crippen molar-refractivity contribution in [1.82, 2.24) is 0 Å². The maximum Gasteiger partial charge on any atom is 0.163 e. The lowest BCUT2D eigenvalue weighted by atomic mass is 9.96. The SMILES string of the molecule is CCCCCCCCCCCCCCCC(=O)C(N)C(O)C(=O)CCCCCCCCCCCCCCC. The van der Waals surface area contributed by atoms with E-state index in [9.17, 15) is 14.7 Å². The minimum Gasteiger partial charge on any atom is -0.383 e. The van der Waals surface area contributed by atoms with E-state index in [4.69, 9.17) is 5.73 Å². The third-order valence-corrected chi connectivity index (χ3v) is 8.10. The highest BCUT2D eigenvalue weighted by Crippen LogP contribution is 2.15. The zero-order valence-corrected chi connectivity index (χ0v) is 25.8. The predicted octanol–water partition coefficient (Wildman–Crippen LogP) is 9.78. The van der Waals surface area contributed by atoms with Crippen LogP contribution >= 0.6 is 0 Å². The van der Waals surface area contributed by atoms with E-state index in [2.05, 4.69) is 13.8 Å². The highest BCUT2D eigenvalue weighted by molar-refractivity contribution is 5.93. The molecule has 0 aromatic rings. The summed E-state index contributed by atoms with van der Waals surface area (Å²) in [6, 6.07) is -1.05. The highest BCUT2D eigenvalue weighted by atomic mass is 16.3. The Morgan fingerprint density at radius 3 is 0.974 bits per heavy atom. The van der Waals surface area contributed by atoms with Crippen LogP contribution in [0.25, 0.3) is 0 Å². The van der Waals surface area contributed by atoms with Crippen LogP contribution in [0.5, 0.6) is 0 Å². The maximum absolute atomic E-state index is 12.3. The Morgan fingerprint density at radius 1 is 0.447 bits per heavy atom. The van der Waals surface area contributed by atoms with E-state index in [0.717, 1.165) is 38.5 Å². The van der Waals surface area contributed by atoms with Crippen molar-refractivity contribution >= 4 is 11.6 Å². The Bertz CT molecular complexity index is 476. The Balaban J connectivity index is 3.58. The van der Waals surface area contributed by atoms with Gasteiger partial charge in [-0.05, 0) is 12.8 Å². The fourth-order valence-electron chi connectivity index (χ4n) is 5.32. The summed E-state index contributed by atoms with van der Waals surface area (Å²) >= 11 is 0. The molecule has 0 spiro atoms. The van der Waals surface area contributed by atoms with Gasteiger partial charge in [-0.1, -0.05) is 168 Å². The normalized spacial score (nSPS) is 13.1. The summed E-state index contributed by atoms with van der Waals surface area (Å²) in [7, 11) is 0. The van der Waals surface area contributed by atoms with Gasteiger partial charge in [0.15, 0.2) is 11.6 Å². The fraction of sp³-hybridized carbons (Fsp3) is 0.941. The lowest BCUT2D eigenvalue weighted by Gasteiger charge is -2.16. The number of aliphatic hydroxyl groups excluding tert-OH is 1. The largest absolute Gasteiger partial charge is 0.383 e.